The van der Waals surface area contributed by atoms with Crippen LogP contribution < -0.4 is 5.73 Å². The van der Waals surface area contributed by atoms with Crippen LogP contribution in [0.25, 0.3) is 0 Å². The quantitative estimate of drug-likeness (QED) is 0.833. The Kier molecular flexibility index (Phi) is 3.31. The van der Waals surface area contributed by atoms with E-state index in [1.165, 1.54) is 18.1 Å². The summed E-state index contributed by atoms with van der Waals surface area (Å²) >= 11 is 7.56. The minimum Gasteiger partial charge on any atom is -0.383 e. The summed E-state index contributed by atoms with van der Waals surface area (Å²) in [5.41, 5.74) is 6.60. The van der Waals surface area contributed by atoms with Crippen LogP contribution in [-0.2, 0) is 0 Å². The second kappa shape index (κ2) is 4.72. The van der Waals surface area contributed by atoms with E-state index in [1.54, 1.807) is 0 Å². The summed E-state index contributed by atoms with van der Waals surface area (Å²) in [5.74, 6) is 0.504. The van der Waals surface area contributed by atoms with Gasteiger partial charge in [0, 0.05) is 10.5 Å². The molecule has 1 heterocycles. The monoisotopic (exact) mass is 251 g/mol. The summed E-state index contributed by atoms with van der Waals surface area (Å²) in [5, 5.41) is 1.55. The van der Waals surface area contributed by atoms with E-state index in [0.29, 0.717) is 10.8 Å². The van der Waals surface area contributed by atoms with Crippen LogP contribution in [0.2, 0.25) is 5.02 Å². The van der Waals surface area contributed by atoms with Gasteiger partial charge in [0.15, 0.2) is 0 Å². The standard InChI is InChI=1S/C11H10ClN3S/c1-7-10(13)14-6-15-11(7)16-9-5-3-2-4-8(9)12/h2-6H,1H3,(H2,13,14,15). The summed E-state index contributed by atoms with van der Waals surface area (Å²) < 4.78 is 0. The van der Waals surface area contributed by atoms with E-state index in [0.717, 1.165) is 15.5 Å². The van der Waals surface area contributed by atoms with Crippen LogP contribution in [0, 0.1) is 6.92 Å². The van der Waals surface area contributed by atoms with Crippen molar-refractivity contribution in [3.8, 4) is 0 Å². The average molecular weight is 252 g/mol. The number of nitrogens with zero attached hydrogens (tertiary/aromatic N) is 2. The minimum atomic E-state index is 0.504. The third-order valence-corrected chi connectivity index (χ3v) is 3.74. The molecule has 0 fully saturated rings. The first-order valence-electron chi connectivity index (χ1n) is 4.68. The number of nitrogens with two attached hydrogens (primary N) is 1. The molecule has 16 heavy (non-hydrogen) atoms. The molecule has 0 aliphatic carbocycles. The van der Waals surface area contributed by atoms with Gasteiger partial charge >= 0.3 is 0 Å². The molecule has 0 atom stereocenters. The fourth-order valence-electron chi connectivity index (χ4n) is 1.18. The van der Waals surface area contributed by atoms with Crippen LogP contribution in [0.5, 0.6) is 0 Å². The second-order valence-corrected chi connectivity index (χ2v) is 4.66. The molecule has 0 saturated heterocycles. The minimum absolute atomic E-state index is 0.504. The van der Waals surface area contributed by atoms with E-state index in [1.807, 2.05) is 31.2 Å². The van der Waals surface area contributed by atoms with Crippen molar-refractivity contribution >= 4 is 29.2 Å². The molecule has 1 aromatic heterocycles. The summed E-state index contributed by atoms with van der Waals surface area (Å²) in [6.45, 7) is 1.90. The summed E-state index contributed by atoms with van der Waals surface area (Å²) in [6, 6.07) is 7.64. The van der Waals surface area contributed by atoms with Gasteiger partial charge in [-0.3, -0.25) is 0 Å². The molecule has 0 bridgehead atoms. The Labute approximate surface area is 103 Å². The van der Waals surface area contributed by atoms with Gasteiger partial charge in [0.25, 0.3) is 0 Å². The molecule has 82 valence electrons. The Bertz CT molecular complexity index is 516. The van der Waals surface area contributed by atoms with Gasteiger partial charge in [-0.25, -0.2) is 9.97 Å². The predicted octanol–water partition coefficient (Wildman–Crippen LogP) is 3.17. The molecule has 0 unspecified atom stereocenters. The number of anilines is 1. The zero-order valence-corrected chi connectivity index (χ0v) is 10.2. The van der Waals surface area contributed by atoms with Gasteiger partial charge in [-0.15, -0.1) is 0 Å². The molecule has 0 spiro atoms. The van der Waals surface area contributed by atoms with Crippen LogP contribution in [0.15, 0.2) is 40.5 Å². The molecule has 0 aliphatic heterocycles. The average Bonchev–Trinajstić information content (AvgIpc) is 2.28. The van der Waals surface area contributed by atoms with Crippen molar-refractivity contribution in [3.63, 3.8) is 0 Å². The Morgan fingerprint density at radius 1 is 1.25 bits per heavy atom. The van der Waals surface area contributed by atoms with Gasteiger partial charge < -0.3 is 5.73 Å². The lowest BCUT2D eigenvalue weighted by Gasteiger charge is -2.06. The first-order valence-corrected chi connectivity index (χ1v) is 5.87. The van der Waals surface area contributed by atoms with Crippen LogP contribution >= 0.6 is 23.4 Å². The normalized spacial score (nSPS) is 10.4. The van der Waals surface area contributed by atoms with Crippen molar-refractivity contribution in [1.82, 2.24) is 9.97 Å². The third-order valence-electron chi connectivity index (χ3n) is 2.12. The predicted molar refractivity (Wildman–Crippen MR) is 66.8 cm³/mol. The largest absolute Gasteiger partial charge is 0.383 e. The van der Waals surface area contributed by atoms with Gasteiger partial charge in [0.1, 0.15) is 17.2 Å². The lowest BCUT2D eigenvalue weighted by molar-refractivity contribution is 1.01. The van der Waals surface area contributed by atoms with E-state index in [-0.39, 0.29) is 0 Å². The summed E-state index contributed by atoms with van der Waals surface area (Å²) in [6.07, 6.45) is 1.46. The molecule has 0 aliphatic rings. The van der Waals surface area contributed by atoms with E-state index in [9.17, 15) is 0 Å². The molecule has 0 radical (unpaired) electrons. The zero-order chi connectivity index (χ0) is 11.5. The van der Waals surface area contributed by atoms with Gasteiger partial charge in [-0.2, -0.15) is 0 Å². The Hall–Kier alpha value is -1.26. The molecule has 0 amide bonds. The Morgan fingerprint density at radius 3 is 2.75 bits per heavy atom. The van der Waals surface area contributed by atoms with E-state index in [2.05, 4.69) is 9.97 Å². The maximum atomic E-state index is 6.07. The Balaban J connectivity index is 2.35. The van der Waals surface area contributed by atoms with Crippen LogP contribution in [0.3, 0.4) is 0 Å². The number of hydrogen-bond donors (Lipinski definition) is 1. The van der Waals surface area contributed by atoms with Gasteiger partial charge in [-0.1, -0.05) is 35.5 Å². The maximum absolute atomic E-state index is 6.07. The van der Waals surface area contributed by atoms with Crippen LogP contribution in [-0.4, -0.2) is 9.97 Å². The molecule has 2 rings (SSSR count). The topological polar surface area (TPSA) is 51.8 Å². The van der Waals surface area contributed by atoms with E-state index < -0.39 is 0 Å². The smallest absolute Gasteiger partial charge is 0.130 e. The maximum Gasteiger partial charge on any atom is 0.130 e. The van der Waals surface area contributed by atoms with E-state index in [4.69, 9.17) is 17.3 Å². The highest BCUT2D eigenvalue weighted by molar-refractivity contribution is 7.99. The van der Waals surface area contributed by atoms with E-state index >= 15 is 0 Å². The molecule has 1 aromatic carbocycles. The highest BCUT2D eigenvalue weighted by Crippen LogP contribution is 2.34. The van der Waals surface area contributed by atoms with Gasteiger partial charge in [-0.05, 0) is 19.1 Å². The number of rotatable bonds is 2. The zero-order valence-electron chi connectivity index (χ0n) is 8.64. The van der Waals surface area contributed by atoms with Crippen molar-refractivity contribution in [2.24, 2.45) is 0 Å². The lowest BCUT2D eigenvalue weighted by atomic mass is 10.3. The lowest BCUT2D eigenvalue weighted by Crippen LogP contribution is -1.97. The highest BCUT2D eigenvalue weighted by atomic mass is 35.5. The van der Waals surface area contributed by atoms with Gasteiger partial charge in [0.05, 0.1) is 5.02 Å². The van der Waals surface area contributed by atoms with Crippen molar-refractivity contribution in [2.75, 3.05) is 5.73 Å². The SMILES string of the molecule is Cc1c(N)ncnc1Sc1ccccc1Cl. The van der Waals surface area contributed by atoms with Crippen molar-refractivity contribution < 1.29 is 0 Å². The molecule has 0 saturated carbocycles. The number of aromatic nitrogens is 2. The molecular formula is C11H10ClN3S. The van der Waals surface area contributed by atoms with Crippen molar-refractivity contribution in [1.29, 1.82) is 0 Å². The van der Waals surface area contributed by atoms with Crippen LogP contribution in [0.1, 0.15) is 5.56 Å². The number of nitrogen functional groups attached to an aromatic ring is 1. The number of halogens is 1. The van der Waals surface area contributed by atoms with Crippen molar-refractivity contribution in [2.45, 2.75) is 16.8 Å². The van der Waals surface area contributed by atoms with Crippen LogP contribution in [0.4, 0.5) is 5.82 Å². The summed E-state index contributed by atoms with van der Waals surface area (Å²) in [4.78, 5) is 9.08. The molecule has 2 aromatic rings. The first-order chi connectivity index (χ1) is 7.68. The molecule has 3 nitrogen and oxygen atoms in total. The van der Waals surface area contributed by atoms with Crippen molar-refractivity contribution in [3.05, 3.63) is 41.2 Å². The summed E-state index contributed by atoms with van der Waals surface area (Å²) in [7, 11) is 0. The Morgan fingerprint density at radius 2 is 2.00 bits per heavy atom. The molecule has 2 N–H and O–H groups in total. The first kappa shape index (κ1) is 11.2. The number of benzene rings is 1. The third kappa shape index (κ3) is 2.28. The second-order valence-electron chi connectivity index (χ2n) is 3.22. The van der Waals surface area contributed by atoms with Gasteiger partial charge in [0.2, 0.25) is 0 Å². The molecular weight excluding hydrogens is 242 g/mol. The fraction of sp³-hybridized carbons (Fsp3) is 0.0909. The highest BCUT2D eigenvalue weighted by Gasteiger charge is 2.08. The number of hydrogen-bond acceptors (Lipinski definition) is 4. The fourth-order valence-corrected chi connectivity index (χ4v) is 2.31. The molecule has 5 heteroatoms.